The molecule has 9 nitrogen and oxygen atoms in total. The molecule has 0 spiro atoms. The Labute approximate surface area is 198 Å². The van der Waals surface area contributed by atoms with Crippen LogP contribution in [-0.2, 0) is 24.9 Å². The van der Waals surface area contributed by atoms with E-state index in [-0.39, 0.29) is 30.8 Å². The van der Waals surface area contributed by atoms with Gasteiger partial charge < -0.3 is 9.47 Å². The number of halogens is 2. The molecule has 190 valence electrons. The molecule has 2 saturated carbocycles. The lowest BCUT2D eigenvalue weighted by atomic mass is 9.85. The number of nitrogens with zero attached hydrogens (tertiary/aromatic N) is 3. The number of ether oxygens (including phenoxy) is 2. The molecule has 2 aliphatic carbocycles. The summed E-state index contributed by atoms with van der Waals surface area (Å²) in [7, 11) is -3.51. The smallest absolute Gasteiger partial charge is 0.410 e. The highest BCUT2D eigenvalue weighted by atomic mass is 32.2. The van der Waals surface area contributed by atoms with Gasteiger partial charge in [0.1, 0.15) is 19.1 Å². The van der Waals surface area contributed by atoms with Crippen LogP contribution in [0.1, 0.15) is 45.4 Å². The highest BCUT2D eigenvalue weighted by Gasteiger charge is 2.66. The Balaban J connectivity index is 1.42. The molecule has 0 radical (unpaired) electrons. The van der Waals surface area contributed by atoms with Crippen LogP contribution < -0.4 is 4.72 Å². The molecule has 1 N–H and O–H groups in total. The van der Waals surface area contributed by atoms with E-state index in [0.29, 0.717) is 24.1 Å². The minimum absolute atomic E-state index is 0.0676. The Kier molecular flexibility index (Phi) is 7.12. The van der Waals surface area contributed by atoms with Crippen molar-refractivity contribution in [1.82, 2.24) is 19.6 Å². The molecule has 0 aromatic carbocycles. The van der Waals surface area contributed by atoms with E-state index in [4.69, 9.17) is 9.47 Å². The van der Waals surface area contributed by atoms with Crippen LogP contribution in [0.25, 0.3) is 0 Å². The van der Waals surface area contributed by atoms with Gasteiger partial charge in [-0.05, 0) is 44.4 Å². The molecule has 1 aliphatic heterocycles. The van der Waals surface area contributed by atoms with Gasteiger partial charge in [0, 0.05) is 17.5 Å². The summed E-state index contributed by atoms with van der Waals surface area (Å²) in [6, 6.07) is -1.39. The molecule has 12 heteroatoms. The lowest BCUT2D eigenvalue weighted by Crippen LogP contribution is -2.50. The summed E-state index contributed by atoms with van der Waals surface area (Å²) >= 11 is 0. The minimum atomic E-state index is -3.51. The Bertz CT molecular complexity index is 998. The van der Waals surface area contributed by atoms with E-state index in [0.717, 1.165) is 25.5 Å². The minimum Gasteiger partial charge on any atom is -0.447 e. The fourth-order valence-corrected chi connectivity index (χ4v) is 6.85. The summed E-state index contributed by atoms with van der Waals surface area (Å²) < 4.78 is 63.4. The second kappa shape index (κ2) is 9.62. The number of nitrogens with one attached hydrogen (secondary N) is 1. The van der Waals surface area contributed by atoms with E-state index in [1.807, 2.05) is 0 Å². The van der Waals surface area contributed by atoms with Crippen molar-refractivity contribution in [1.29, 1.82) is 0 Å². The predicted octanol–water partition coefficient (Wildman–Crippen LogP) is 2.18. The number of sulfonamides is 1. The molecular weight excluding hydrogens is 470 g/mol. The van der Waals surface area contributed by atoms with Crippen LogP contribution in [0.3, 0.4) is 0 Å². The van der Waals surface area contributed by atoms with Gasteiger partial charge in [0.15, 0.2) is 5.82 Å². The highest BCUT2D eigenvalue weighted by molar-refractivity contribution is 7.88. The van der Waals surface area contributed by atoms with E-state index in [9.17, 15) is 22.0 Å². The zero-order valence-corrected chi connectivity index (χ0v) is 20.4. The zero-order valence-electron chi connectivity index (χ0n) is 19.6. The van der Waals surface area contributed by atoms with Crippen molar-refractivity contribution in [2.45, 2.75) is 69.2 Å². The van der Waals surface area contributed by atoms with Gasteiger partial charge in [-0.3, -0.25) is 4.90 Å². The van der Waals surface area contributed by atoms with Gasteiger partial charge in [-0.25, -0.2) is 36.7 Å². The topological polar surface area (TPSA) is 111 Å². The van der Waals surface area contributed by atoms with Gasteiger partial charge in [0.2, 0.25) is 10.0 Å². The number of hydrogen-bond acceptors (Lipinski definition) is 7. The lowest BCUT2D eigenvalue weighted by Gasteiger charge is -2.32. The second-order valence-corrected chi connectivity index (χ2v) is 11.5. The number of carbonyl (C=O) groups excluding carboxylic acids is 1. The van der Waals surface area contributed by atoms with Gasteiger partial charge in [-0.15, -0.1) is 0 Å². The van der Waals surface area contributed by atoms with Crippen LogP contribution in [0.2, 0.25) is 0 Å². The van der Waals surface area contributed by atoms with E-state index in [1.54, 1.807) is 6.92 Å². The number of likely N-dealkylation sites (tertiary alicyclic amines) is 1. The molecule has 0 bridgehead atoms. The van der Waals surface area contributed by atoms with Crippen molar-refractivity contribution in [2.75, 3.05) is 26.1 Å². The monoisotopic (exact) mass is 502 g/mol. The average Bonchev–Trinajstić information content (AvgIpc) is 3.24. The molecule has 2 heterocycles. The van der Waals surface area contributed by atoms with E-state index in [2.05, 4.69) is 21.6 Å². The van der Waals surface area contributed by atoms with Gasteiger partial charge in [-0.2, -0.15) is 0 Å². The first kappa shape index (κ1) is 25.2. The molecule has 1 saturated heterocycles. The van der Waals surface area contributed by atoms with E-state index in [1.165, 1.54) is 17.3 Å². The number of amides is 1. The number of fused-ring (bicyclic) bond motifs is 1. The summed E-state index contributed by atoms with van der Waals surface area (Å²) in [5.41, 5.74) is -0.155. The van der Waals surface area contributed by atoms with Crippen molar-refractivity contribution >= 4 is 16.1 Å². The van der Waals surface area contributed by atoms with Crippen molar-refractivity contribution in [3.8, 4) is 0 Å². The van der Waals surface area contributed by atoms with Crippen molar-refractivity contribution in [3.63, 3.8) is 0 Å². The second-order valence-electron chi connectivity index (χ2n) is 9.75. The first-order valence-corrected chi connectivity index (χ1v) is 13.5. The Morgan fingerprint density at radius 1 is 1.29 bits per heavy atom. The van der Waals surface area contributed by atoms with E-state index >= 15 is 0 Å². The van der Waals surface area contributed by atoms with Crippen LogP contribution in [0.15, 0.2) is 12.4 Å². The molecule has 1 amide bonds. The number of alkyl halides is 1. The summed E-state index contributed by atoms with van der Waals surface area (Å²) in [5.74, 6) is 0.882. The molecule has 1 aromatic heterocycles. The van der Waals surface area contributed by atoms with E-state index < -0.39 is 40.7 Å². The number of aromatic nitrogens is 2. The Hall–Kier alpha value is -1.92. The summed E-state index contributed by atoms with van der Waals surface area (Å²) in [4.78, 5) is 22.5. The lowest BCUT2D eigenvalue weighted by molar-refractivity contribution is -0.0124. The zero-order chi connectivity index (χ0) is 24.7. The highest BCUT2D eigenvalue weighted by Crippen LogP contribution is 2.66. The standard InChI is InChI=1S/C22H32F2N4O5S/c1-13-8-18(27-34(3,30)31)19(28(13)21(29)32-7-6-23)12-33-16-4-5-22(14(2)17(22)9-16)20-25-10-15(24)11-26-20/h10-11,13-14,16-19,27H,4-9,12H2,1-3H3/t13-,14+,16+,17?,18+,19+,22-/m1/s1. The van der Waals surface area contributed by atoms with Crippen molar-refractivity contribution < 1.29 is 31.5 Å². The van der Waals surface area contributed by atoms with Gasteiger partial charge in [0.25, 0.3) is 0 Å². The summed E-state index contributed by atoms with van der Waals surface area (Å²) in [6.45, 7) is 2.94. The molecule has 34 heavy (non-hydrogen) atoms. The van der Waals surface area contributed by atoms with Gasteiger partial charge >= 0.3 is 6.09 Å². The fourth-order valence-electron chi connectivity index (χ4n) is 6.05. The third kappa shape index (κ3) is 4.90. The quantitative estimate of drug-likeness (QED) is 0.580. The van der Waals surface area contributed by atoms with Crippen molar-refractivity contribution in [2.24, 2.45) is 11.8 Å². The molecular formula is C22H32F2N4O5S. The first-order valence-electron chi connectivity index (χ1n) is 11.6. The number of rotatable bonds is 8. The van der Waals surface area contributed by atoms with Crippen molar-refractivity contribution in [3.05, 3.63) is 24.0 Å². The predicted molar refractivity (Wildman–Crippen MR) is 119 cm³/mol. The van der Waals surface area contributed by atoms with Crippen LogP contribution in [0, 0.1) is 17.7 Å². The van der Waals surface area contributed by atoms with Crippen LogP contribution in [0.4, 0.5) is 13.6 Å². The molecule has 1 unspecified atom stereocenters. The number of hydrogen-bond donors (Lipinski definition) is 1. The first-order chi connectivity index (χ1) is 16.1. The Morgan fingerprint density at radius 2 is 2.00 bits per heavy atom. The molecule has 4 rings (SSSR count). The van der Waals surface area contributed by atoms with Crippen LogP contribution in [-0.4, -0.2) is 79.8 Å². The molecule has 1 aromatic rings. The summed E-state index contributed by atoms with van der Waals surface area (Å²) in [5, 5.41) is 0. The van der Waals surface area contributed by atoms with Crippen LogP contribution >= 0.6 is 0 Å². The SMILES string of the molecule is C[C@@H]1C[C@H](NS(C)(=O)=O)[C@H](CO[C@H]2CC[C@]3(c4ncc(F)cn4)C(C2)[C@@H]3C)N1C(=O)OCCF. The maximum atomic E-state index is 13.3. The molecule has 7 atom stereocenters. The Morgan fingerprint density at radius 3 is 2.62 bits per heavy atom. The summed E-state index contributed by atoms with van der Waals surface area (Å²) in [6.07, 6.45) is 5.48. The number of carbonyl (C=O) groups is 1. The third-order valence-corrected chi connectivity index (χ3v) is 8.41. The molecule has 3 fully saturated rings. The van der Waals surface area contributed by atoms with Crippen LogP contribution in [0.5, 0.6) is 0 Å². The maximum absolute atomic E-state index is 13.3. The average molecular weight is 503 g/mol. The normalized spacial score (nSPS) is 35.1. The molecule has 3 aliphatic rings. The van der Waals surface area contributed by atoms with Gasteiger partial charge in [-0.1, -0.05) is 6.92 Å². The maximum Gasteiger partial charge on any atom is 0.410 e. The largest absolute Gasteiger partial charge is 0.447 e. The van der Waals surface area contributed by atoms with Gasteiger partial charge in [0.05, 0.1) is 37.4 Å². The third-order valence-electron chi connectivity index (χ3n) is 7.68. The fraction of sp³-hybridized carbons (Fsp3) is 0.773.